The van der Waals surface area contributed by atoms with Crippen LogP contribution in [0.3, 0.4) is 0 Å². The minimum Gasteiger partial charge on any atom is -0.397 e. The maximum Gasteiger partial charge on any atom is 0.271 e. The van der Waals surface area contributed by atoms with Crippen LogP contribution in [-0.4, -0.2) is 41.4 Å². The normalized spacial score (nSPS) is 18.2. The molecule has 0 bridgehead atoms. The molecular weight excluding hydrogens is 260 g/mol. The average Bonchev–Trinajstić information content (AvgIpc) is 2.37. The Hall–Kier alpha value is -2.31. The number of piperazine rings is 1. The van der Waals surface area contributed by atoms with Crippen molar-refractivity contribution in [2.24, 2.45) is 0 Å². The van der Waals surface area contributed by atoms with E-state index in [9.17, 15) is 14.9 Å². The van der Waals surface area contributed by atoms with E-state index in [4.69, 9.17) is 5.73 Å². The van der Waals surface area contributed by atoms with Crippen LogP contribution in [0.25, 0.3) is 0 Å². The van der Waals surface area contributed by atoms with Crippen molar-refractivity contribution in [2.45, 2.75) is 19.4 Å². The molecule has 1 aliphatic rings. The molecule has 2 rings (SSSR count). The lowest BCUT2D eigenvalue weighted by atomic mass is 9.96. The fourth-order valence-corrected chi connectivity index (χ4v) is 2.54. The number of nitrogen functional groups attached to an aromatic ring is 1. The summed E-state index contributed by atoms with van der Waals surface area (Å²) in [6.45, 7) is 4.88. The fraction of sp³-hybridized carbons (Fsp3) is 0.462. The molecule has 1 amide bonds. The largest absolute Gasteiger partial charge is 0.397 e. The Balaban J connectivity index is 2.41. The predicted molar refractivity (Wildman–Crippen MR) is 76.6 cm³/mol. The second-order valence-electron chi connectivity index (χ2n) is 5.44. The number of hydrogen-bond donors (Lipinski definition) is 1. The van der Waals surface area contributed by atoms with Crippen LogP contribution >= 0.6 is 0 Å². The summed E-state index contributed by atoms with van der Waals surface area (Å²) in [6.07, 6.45) is 0. The first kappa shape index (κ1) is 14.1. The zero-order valence-electron chi connectivity index (χ0n) is 11.8. The molecule has 2 N–H and O–H groups in total. The van der Waals surface area contributed by atoms with Crippen LogP contribution in [0.2, 0.25) is 0 Å². The number of benzene rings is 1. The highest BCUT2D eigenvalue weighted by molar-refractivity contribution is 5.91. The molecule has 20 heavy (non-hydrogen) atoms. The van der Waals surface area contributed by atoms with Crippen LogP contribution in [0.15, 0.2) is 18.2 Å². The zero-order chi connectivity index (χ0) is 15.1. The summed E-state index contributed by atoms with van der Waals surface area (Å²) in [5.74, 6) is 0.00139. The van der Waals surface area contributed by atoms with Crippen molar-refractivity contribution < 1.29 is 9.72 Å². The molecule has 0 aliphatic carbocycles. The van der Waals surface area contributed by atoms with Crippen LogP contribution in [-0.2, 0) is 4.79 Å². The van der Waals surface area contributed by atoms with Gasteiger partial charge in [-0.3, -0.25) is 14.9 Å². The Kier molecular flexibility index (Phi) is 3.29. The van der Waals surface area contributed by atoms with E-state index in [1.165, 1.54) is 12.1 Å². The first-order valence-corrected chi connectivity index (χ1v) is 6.32. The lowest BCUT2D eigenvalue weighted by molar-refractivity contribution is -0.384. The van der Waals surface area contributed by atoms with Gasteiger partial charge in [0.25, 0.3) is 5.69 Å². The number of anilines is 2. The molecule has 0 aromatic heterocycles. The second kappa shape index (κ2) is 4.66. The van der Waals surface area contributed by atoms with E-state index in [-0.39, 0.29) is 11.6 Å². The molecule has 7 nitrogen and oxygen atoms in total. The minimum atomic E-state index is -0.725. The van der Waals surface area contributed by atoms with Gasteiger partial charge in [0, 0.05) is 32.3 Å². The quantitative estimate of drug-likeness (QED) is 0.499. The number of nitrogens with zero attached hydrogens (tertiary/aromatic N) is 3. The van der Waals surface area contributed by atoms with Gasteiger partial charge >= 0.3 is 0 Å². The number of likely N-dealkylation sites (N-methyl/N-ethyl adjacent to an activating group) is 1. The van der Waals surface area contributed by atoms with Gasteiger partial charge in [-0.05, 0) is 19.9 Å². The van der Waals surface area contributed by atoms with Gasteiger partial charge < -0.3 is 15.5 Å². The Morgan fingerprint density at radius 3 is 2.55 bits per heavy atom. The summed E-state index contributed by atoms with van der Waals surface area (Å²) in [7, 11) is 1.76. The maximum absolute atomic E-state index is 12.3. The van der Waals surface area contributed by atoms with Crippen molar-refractivity contribution in [3.05, 3.63) is 28.3 Å². The maximum atomic E-state index is 12.3. The van der Waals surface area contributed by atoms with Gasteiger partial charge in [-0.25, -0.2) is 0 Å². The van der Waals surface area contributed by atoms with E-state index in [1.807, 2.05) is 18.7 Å². The number of nitro groups is 1. The molecule has 0 radical (unpaired) electrons. The molecule has 1 aromatic carbocycles. The van der Waals surface area contributed by atoms with Gasteiger partial charge in [-0.2, -0.15) is 0 Å². The van der Waals surface area contributed by atoms with E-state index in [1.54, 1.807) is 18.0 Å². The predicted octanol–water partition coefficient (Wildman–Crippen LogP) is 1.23. The van der Waals surface area contributed by atoms with E-state index in [0.717, 1.165) is 0 Å². The first-order chi connectivity index (χ1) is 9.25. The Labute approximate surface area is 117 Å². The van der Waals surface area contributed by atoms with Gasteiger partial charge in [0.1, 0.15) is 5.54 Å². The number of amides is 1. The van der Waals surface area contributed by atoms with Crippen LogP contribution in [0, 0.1) is 10.1 Å². The van der Waals surface area contributed by atoms with Crippen molar-refractivity contribution in [1.29, 1.82) is 0 Å². The molecule has 108 valence electrons. The van der Waals surface area contributed by atoms with Crippen molar-refractivity contribution in [1.82, 2.24) is 4.90 Å². The summed E-state index contributed by atoms with van der Waals surface area (Å²) in [5.41, 5.74) is 6.11. The highest BCUT2D eigenvalue weighted by Crippen LogP contribution is 2.34. The molecule has 1 heterocycles. The number of nitrogens with two attached hydrogens (primary N) is 1. The summed E-state index contributed by atoms with van der Waals surface area (Å²) in [5, 5.41) is 10.7. The smallest absolute Gasteiger partial charge is 0.271 e. The third-order valence-corrected chi connectivity index (χ3v) is 3.72. The van der Waals surface area contributed by atoms with Gasteiger partial charge in [0.2, 0.25) is 5.91 Å². The van der Waals surface area contributed by atoms with Crippen LogP contribution < -0.4 is 10.6 Å². The summed E-state index contributed by atoms with van der Waals surface area (Å²) < 4.78 is 0. The standard InChI is InChI=1S/C13H18N4O3/c1-13(2)12(18)15(3)6-7-16(13)11-5-4-9(17(19)20)8-10(11)14/h4-5,8H,6-7,14H2,1-3H3. The monoisotopic (exact) mass is 278 g/mol. The number of nitro benzene ring substituents is 1. The first-order valence-electron chi connectivity index (χ1n) is 6.32. The van der Waals surface area contributed by atoms with Crippen LogP contribution in [0.5, 0.6) is 0 Å². The third-order valence-electron chi connectivity index (χ3n) is 3.72. The van der Waals surface area contributed by atoms with Crippen molar-refractivity contribution >= 4 is 23.0 Å². The average molecular weight is 278 g/mol. The molecule has 0 unspecified atom stereocenters. The number of hydrogen-bond acceptors (Lipinski definition) is 5. The van der Waals surface area contributed by atoms with Crippen LogP contribution in [0.4, 0.5) is 17.1 Å². The molecule has 7 heteroatoms. The second-order valence-corrected chi connectivity index (χ2v) is 5.44. The molecule has 1 fully saturated rings. The summed E-state index contributed by atoms with van der Waals surface area (Å²) in [6, 6.07) is 4.34. The molecular formula is C13H18N4O3. The Morgan fingerprint density at radius 2 is 2.00 bits per heavy atom. The van der Waals surface area contributed by atoms with E-state index < -0.39 is 10.5 Å². The lowest BCUT2D eigenvalue weighted by Gasteiger charge is -2.46. The van der Waals surface area contributed by atoms with Crippen molar-refractivity contribution in [3.63, 3.8) is 0 Å². The van der Waals surface area contributed by atoms with E-state index in [0.29, 0.717) is 24.5 Å². The van der Waals surface area contributed by atoms with Gasteiger partial charge in [-0.1, -0.05) is 0 Å². The third kappa shape index (κ3) is 2.15. The Bertz CT molecular complexity index is 571. The topological polar surface area (TPSA) is 92.7 Å². The molecule has 1 aromatic rings. The van der Waals surface area contributed by atoms with Crippen LogP contribution in [0.1, 0.15) is 13.8 Å². The van der Waals surface area contributed by atoms with Gasteiger partial charge in [0.05, 0.1) is 16.3 Å². The lowest BCUT2D eigenvalue weighted by Crippen LogP contribution is -2.62. The molecule has 0 atom stereocenters. The number of rotatable bonds is 2. The number of carbonyl (C=O) groups excluding carboxylic acids is 1. The highest BCUT2D eigenvalue weighted by atomic mass is 16.6. The van der Waals surface area contributed by atoms with E-state index >= 15 is 0 Å². The number of non-ortho nitro benzene ring substituents is 1. The number of carbonyl (C=O) groups is 1. The highest BCUT2D eigenvalue weighted by Gasteiger charge is 2.41. The van der Waals surface area contributed by atoms with Gasteiger partial charge in [-0.15, -0.1) is 0 Å². The molecule has 0 spiro atoms. The summed E-state index contributed by atoms with van der Waals surface area (Å²) in [4.78, 5) is 26.1. The SMILES string of the molecule is CN1CCN(c2ccc([N+](=O)[O-])cc2N)C(C)(C)C1=O. The minimum absolute atomic E-state index is 0.00139. The van der Waals surface area contributed by atoms with E-state index in [2.05, 4.69) is 0 Å². The molecule has 1 saturated heterocycles. The summed E-state index contributed by atoms with van der Waals surface area (Å²) >= 11 is 0. The van der Waals surface area contributed by atoms with Gasteiger partial charge in [0.15, 0.2) is 0 Å². The van der Waals surface area contributed by atoms with Crippen molar-refractivity contribution in [2.75, 3.05) is 30.8 Å². The molecule has 1 aliphatic heterocycles. The molecule has 0 saturated carbocycles. The Morgan fingerprint density at radius 1 is 1.35 bits per heavy atom. The van der Waals surface area contributed by atoms with Crippen molar-refractivity contribution in [3.8, 4) is 0 Å². The fourth-order valence-electron chi connectivity index (χ4n) is 2.54. The zero-order valence-corrected chi connectivity index (χ0v) is 11.8.